The fourth-order valence-corrected chi connectivity index (χ4v) is 4.93. The Morgan fingerprint density at radius 1 is 1.21 bits per heavy atom. The second-order valence-corrected chi connectivity index (χ2v) is 7.80. The molecule has 0 saturated carbocycles. The number of rotatable bonds is 6. The van der Waals surface area contributed by atoms with E-state index in [0.29, 0.717) is 12.6 Å². The van der Waals surface area contributed by atoms with E-state index in [4.69, 9.17) is 9.47 Å². The van der Waals surface area contributed by atoms with Crippen molar-refractivity contribution in [3.63, 3.8) is 0 Å². The number of hydrogen-bond donors (Lipinski definition) is 0. The van der Waals surface area contributed by atoms with Crippen molar-refractivity contribution in [3.8, 4) is 11.5 Å². The molecule has 2 atom stereocenters. The van der Waals surface area contributed by atoms with Crippen LogP contribution in [-0.4, -0.2) is 31.6 Å². The molecule has 0 spiro atoms. The second kappa shape index (κ2) is 7.84. The molecule has 1 unspecified atom stereocenters. The Labute approximate surface area is 168 Å². The first kappa shape index (κ1) is 18.8. The maximum atomic E-state index is 6.31. The average Bonchev–Trinajstić information content (AvgIpc) is 3.10. The van der Waals surface area contributed by atoms with Crippen LogP contribution in [0.1, 0.15) is 36.0 Å². The molecule has 1 heterocycles. The molecule has 0 N–H and O–H groups in total. The number of likely N-dealkylation sites (tertiary alicyclic amines) is 1. The molecule has 3 heteroatoms. The summed E-state index contributed by atoms with van der Waals surface area (Å²) in [6.07, 6.45) is 10.2. The normalized spacial score (nSPS) is 24.0. The smallest absolute Gasteiger partial charge is 0.169 e. The van der Waals surface area contributed by atoms with Gasteiger partial charge in [0.15, 0.2) is 11.5 Å². The first-order valence-corrected chi connectivity index (χ1v) is 10.1. The molecule has 1 aliphatic heterocycles. The van der Waals surface area contributed by atoms with Gasteiger partial charge >= 0.3 is 0 Å². The maximum absolute atomic E-state index is 6.31. The zero-order chi connectivity index (χ0) is 19.6. The van der Waals surface area contributed by atoms with Crippen molar-refractivity contribution in [2.45, 2.75) is 37.3 Å². The van der Waals surface area contributed by atoms with Crippen molar-refractivity contribution in [1.82, 2.24) is 4.90 Å². The zero-order valence-electron chi connectivity index (χ0n) is 16.9. The lowest BCUT2D eigenvalue weighted by Gasteiger charge is -2.39. The first-order valence-electron chi connectivity index (χ1n) is 10.1. The van der Waals surface area contributed by atoms with Gasteiger partial charge in [-0.1, -0.05) is 61.2 Å². The van der Waals surface area contributed by atoms with Gasteiger partial charge in [-0.15, -0.1) is 0 Å². The lowest BCUT2D eigenvalue weighted by molar-refractivity contribution is 0.247. The van der Waals surface area contributed by atoms with Gasteiger partial charge in [0, 0.05) is 17.0 Å². The van der Waals surface area contributed by atoms with Gasteiger partial charge in [0.1, 0.15) is 6.61 Å². The molecule has 0 bridgehead atoms. The quantitative estimate of drug-likeness (QED) is 0.647. The molecule has 146 valence electrons. The van der Waals surface area contributed by atoms with Crippen molar-refractivity contribution < 1.29 is 9.47 Å². The Balaban J connectivity index is 1.78. The Morgan fingerprint density at radius 2 is 2.04 bits per heavy atom. The average molecular weight is 376 g/mol. The molecular formula is C25H29NO2. The van der Waals surface area contributed by atoms with Crippen LogP contribution in [0.3, 0.4) is 0 Å². The van der Waals surface area contributed by atoms with Gasteiger partial charge in [0.25, 0.3) is 0 Å². The molecular weight excluding hydrogens is 346 g/mol. The molecule has 1 saturated heterocycles. The summed E-state index contributed by atoms with van der Waals surface area (Å²) >= 11 is 0. The molecule has 28 heavy (non-hydrogen) atoms. The Hall–Kier alpha value is -2.52. The number of fused-ring (bicyclic) bond motifs is 1. The number of likely N-dealkylation sites (N-methyl/N-ethyl adjacent to an activating group) is 1. The summed E-state index contributed by atoms with van der Waals surface area (Å²) in [6, 6.07) is 15.0. The molecule has 2 aromatic carbocycles. The fourth-order valence-electron chi connectivity index (χ4n) is 4.93. The zero-order valence-corrected chi connectivity index (χ0v) is 16.9. The minimum absolute atomic E-state index is 0.0215. The van der Waals surface area contributed by atoms with Crippen LogP contribution in [0.4, 0.5) is 0 Å². The van der Waals surface area contributed by atoms with Crippen LogP contribution >= 0.6 is 0 Å². The molecule has 1 fully saturated rings. The van der Waals surface area contributed by atoms with Gasteiger partial charge in [-0.2, -0.15) is 0 Å². The van der Waals surface area contributed by atoms with Crippen molar-refractivity contribution in [2.75, 3.05) is 20.7 Å². The Bertz CT molecular complexity index is 874. The lowest BCUT2D eigenvalue weighted by atomic mass is 9.68. The van der Waals surface area contributed by atoms with Crippen LogP contribution in [0.5, 0.6) is 11.5 Å². The summed E-state index contributed by atoms with van der Waals surface area (Å²) < 4.78 is 12.0. The number of ether oxygens (including phenoxy) is 2. The van der Waals surface area contributed by atoms with Crippen molar-refractivity contribution in [2.24, 2.45) is 0 Å². The monoisotopic (exact) mass is 375 g/mol. The predicted octanol–water partition coefficient (Wildman–Crippen LogP) is 5.21. The summed E-state index contributed by atoms with van der Waals surface area (Å²) in [6.45, 7) is 5.75. The van der Waals surface area contributed by atoms with E-state index in [1.54, 1.807) is 7.11 Å². The lowest BCUT2D eigenvalue weighted by Crippen LogP contribution is -2.41. The summed E-state index contributed by atoms with van der Waals surface area (Å²) in [4.78, 5) is 2.51. The minimum atomic E-state index is 0.0215. The highest BCUT2D eigenvalue weighted by atomic mass is 16.5. The van der Waals surface area contributed by atoms with Gasteiger partial charge in [0.05, 0.1) is 7.11 Å². The Kier molecular flexibility index (Phi) is 5.27. The molecule has 1 aliphatic carbocycles. The highest BCUT2D eigenvalue weighted by Gasteiger charge is 2.47. The van der Waals surface area contributed by atoms with Gasteiger partial charge in [-0.05, 0) is 50.0 Å². The molecule has 0 aromatic heterocycles. The molecule has 4 rings (SSSR count). The van der Waals surface area contributed by atoms with E-state index in [1.165, 1.54) is 12.0 Å². The number of allylic oxidation sites excluding steroid dienone is 1. The molecule has 0 amide bonds. The van der Waals surface area contributed by atoms with Crippen LogP contribution in [0.2, 0.25) is 0 Å². The van der Waals surface area contributed by atoms with Crippen molar-refractivity contribution >= 4 is 6.08 Å². The van der Waals surface area contributed by atoms with Crippen molar-refractivity contribution in [1.29, 1.82) is 0 Å². The Morgan fingerprint density at radius 3 is 2.79 bits per heavy atom. The number of hydrogen-bond acceptors (Lipinski definition) is 3. The minimum Gasteiger partial charge on any atom is -0.493 e. The van der Waals surface area contributed by atoms with Crippen LogP contribution in [0, 0.1) is 0 Å². The summed E-state index contributed by atoms with van der Waals surface area (Å²) in [7, 11) is 3.94. The molecule has 0 radical (unpaired) electrons. The third-order valence-corrected chi connectivity index (χ3v) is 6.34. The van der Waals surface area contributed by atoms with Gasteiger partial charge in [0.2, 0.25) is 0 Å². The highest BCUT2D eigenvalue weighted by molar-refractivity contribution is 5.68. The van der Waals surface area contributed by atoms with Gasteiger partial charge < -0.3 is 14.4 Å². The number of methoxy groups -OCH3 is 1. The SMILES string of the molecule is C=Cc1c([C@@]23C=CCCC2N(C)CC3)ccc(OC)c1OCc1ccccc1. The highest BCUT2D eigenvalue weighted by Crippen LogP contribution is 2.49. The second-order valence-electron chi connectivity index (χ2n) is 7.80. The standard InChI is InChI=1S/C25H29NO2/c1-4-20-21(25-15-9-8-12-23(25)26(2)17-16-25)13-14-22(27-3)24(20)28-18-19-10-6-5-7-11-19/h4-7,9-11,13-15,23H,1,8,12,16-18H2,2-3H3/t23?,25-/m0/s1. The van der Waals surface area contributed by atoms with E-state index < -0.39 is 0 Å². The van der Waals surface area contributed by atoms with E-state index in [9.17, 15) is 0 Å². The molecule has 2 aliphatic rings. The van der Waals surface area contributed by atoms with Gasteiger partial charge in [-0.3, -0.25) is 0 Å². The summed E-state index contributed by atoms with van der Waals surface area (Å²) in [5.41, 5.74) is 3.52. The van der Waals surface area contributed by atoms with E-state index in [0.717, 1.165) is 42.0 Å². The first-order chi connectivity index (χ1) is 13.7. The van der Waals surface area contributed by atoms with E-state index in [1.807, 2.05) is 24.3 Å². The van der Waals surface area contributed by atoms with E-state index in [2.05, 4.69) is 54.9 Å². The van der Waals surface area contributed by atoms with Gasteiger partial charge in [-0.25, -0.2) is 0 Å². The number of nitrogens with zero attached hydrogens (tertiary/aromatic N) is 1. The van der Waals surface area contributed by atoms with Crippen LogP contribution in [-0.2, 0) is 12.0 Å². The molecule has 2 aromatic rings. The van der Waals surface area contributed by atoms with Crippen LogP contribution in [0.25, 0.3) is 6.08 Å². The topological polar surface area (TPSA) is 21.7 Å². The maximum Gasteiger partial charge on any atom is 0.169 e. The van der Waals surface area contributed by atoms with Crippen LogP contribution in [0.15, 0.2) is 61.2 Å². The van der Waals surface area contributed by atoms with Crippen LogP contribution < -0.4 is 9.47 Å². The van der Waals surface area contributed by atoms with E-state index >= 15 is 0 Å². The van der Waals surface area contributed by atoms with Crippen molar-refractivity contribution in [3.05, 3.63) is 77.9 Å². The summed E-state index contributed by atoms with van der Waals surface area (Å²) in [5, 5.41) is 0. The fraction of sp³-hybridized carbons (Fsp3) is 0.360. The number of benzene rings is 2. The summed E-state index contributed by atoms with van der Waals surface area (Å²) in [5.74, 6) is 1.55. The predicted molar refractivity (Wildman–Crippen MR) is 115 cm³/mol. The third kappa shape index (κ3) is 3.14. The third-order valence-electron chi connectivity index (χ3n) is 6.34. The van der Waals surface area contributed by atoms with E-state index in [-0.39, 0.29) is 5.41 Å². The molecule has 3 nitrogen and oxygen atoms in total. The largest absolute Gasteiger partial charge is 0.493 e.